The Morgan fingerprint density at radius 3 is 2.32 bits per heavy atom. The first-order chi connectivity index (χ1) is 10.5. The van der Waals surface area contributed by atoms with E-state index in [2.05, 4.69) is 0 Å². The number of carbonyl (C=O) groups excluding carboxylic acids is 2. The SMILES string of the molecule is COc1cccc(OC)c1C(=O)OCC(=O)N(C)CCC#N. The number of esters is 1. The lowest BCUT2D eigenvalue weighted by molar-refractivity contribution is -0.133. The number of rotatable bonds is 7. The number of nitriles is 1. The van der Waals surface area contributed by atoms with Crippen LogP contribution in [0.15, 0.2) is 18.2 Å². The van der Waals surface area contributed by atoms with Crippen LogP contribution in [-0.4, -0.2) is 51.2 Å². The van der Waals surface area contributed by atoms with Crippen LogP contribution in [0.4, 0.5) is 0 Å². The zero-order valence-corrected chi connectivity index (χ0v) is 12.8. The molecule has 0 saturated heterocycles. The zero-order chi connectivity index (χ0) is 16.5. The van der Waals surface area contributed by atoms with E-state index in [0.29, 0.717) is 11.5 Å². The third kappa shape index (κ3) is 4.38. The number of carbonyl (C=O) groups is 2. The minimum absolute atomic E-state index is 0.125. The van der Waals surface area contributed by atoms with Gasteiger partial charge in [-0.1, -0.05) is 6.07 Å². The fraction of sp³-hybridized carbons (Fsp3) is 0.400. The van der Waals surface area contributed by atoms with Crippen molar-refractivity contribution in [1.82, 2.24) is 4.90 Å². The molecule has 22 heavy (non-hydrogen) atoms. The van der Waals surface area contributed by atoms with E-state index in [4.69, 9.17) is 19.5 Å². The summed E-state index contributed by atoms with van der Waals surface area (Å²) in [5.41, 5.74) is 0.125. The average Bonchev–Trinajstić information content (AvgIpc) is 2.55. The van der Waals surface area contributed by atoms with Gasteiger partial charge in [-0.2, -0.15) is 5.26 Å². The molecule has 7 nitrogen and oxygen atoms in total. The van der Waals surface area contributed by atoms with Crippen LogP contribution in [0, 0.1) is 11.3 Å². The molecule has 0 aliphatic carbocycles. The van der Waals surface area contributed by atoms with E-state index in [-0.39, 0.29) is 18.5 Å². The lowest BCUT2D eigenvalue weighted by Gasteiger charge is -2.16. The molecule has 0 spiro atoms. The van der Waals surface area contributed by atoms with Crippen molar-refractivity contribution < 1.29 is 23.8 Å². The van der Waals surface area contributed by atoms with Crippen molar-refractivity contribution >= 4 is 11.9 Å². The topological polar surface area (TPSA) is 88.9 Å². The number of amides is 1. The largest absolute Gasteiger partial charge is 0.496 e. The molecule has 0 aromatic heterocycles. The van der Waals surface area contributed by atoms with Gasteiger partial charge in [0.25, 0.3) is 5.91 Å². The summed E-state index contributed by atoms with van der Waals surface area (Å²) in [4.78, 5) is 25.2. The van der Waals surface area contributed by atoms with Crippen LogP contribution in [0.2, 0.25) is 0 Å². The highest BCUT2D eigenvalue weighted by atomic mass is 16.5. The van der Waals surface area contributed by atoms with Crippen molar-refractivity contribution in [2.75, 3.05) is 34.4 Å². The molecule has 1 aromatic carbocycles. The lowest BCUT2D eigenvalue weighted by atomic mass is 10.2. The van der Waals surface area contributed by atoms with Gasteiger partial charge in [-0.3, -0.25) is 4.79 Å². The van der Waals surface area contributed by atoms with Gasteiger partial charge in [0, 0.05) is 13.6 Å². The third-order valence-corrected chi connectivity index (χ3v) is 2.94. The molecule has 0 aliphatic rings. The highest BCUT2D eigenvalue weighted by Gasteiger charge is 2.21. The van der Waals surface area contributed by atoms with E-state index in [0.717, 1.165) is 0 Å². The smallest absolute Gasteiger partial charge is 0.346 e. The van der Waals surface area contributed by atoms with E-state index < -0.39 is 18.5 Å². The van der Waals surface area contributed by atoms with Gasteiger partial charge in [0.15, 0.2) is 6.61 Å². The zero-order valence-electron chi connectivity index (χ0n) is 12.8. The van der Waals surface area contributed by atoms with Crippen LogP contribution in [0.3, 0.4) is 0 Å². The summed E-state index contributed by atoms with van der Waals surface area (Å²) >= 11 is 0. The Hall–Kier alpha value is -2.75. The molecule has 7 heteroatoms. The van der Waals surface area contributed by atoms with Gasteiger partial charge in [-0.15, -0.1) is 0 Å². The molecule has 0 heterocycles. The van der Waals surface area contributed by atoms with Gasteiger partial charge >= 0.3 is 5.97 Å². The summed E-state index contributed by atoms with van der Waals surface area (Å²) in [5, 5.41) is 8.48. The maximum absolute atomic E-state index is 12.1. The second-order valence-electron chi connectivity index (χ2n) is 4.34. The van der Waals surface area contributed by atoms with E-state index in [1.165, 1.54) is 26.2 Å². The van der Waals surface area contributed by atoms with E-state index >= 15 is 0 Å². The summed E-state index contributed by atoms with van der Waals surface area (Å²) in [5.74, 6) is -0.502. The minimum atomic E-state index is -0.712. The van der Waals surface area contributed by atoms with Crippen molar-refractivity contribution in [2.24, 2.45) is 0 Å². The van der Waals surface area contributed by atoms with Crippen LogP contribution < -0.4 is 9.47 Å². The molecule has 0 radical (unpaired) electrons. The normalized spacial score (nSPS) is 9.55. The first kappa shape index (κ1) is 17.3. The molecule has 0 unspecified atom stereocenters. The lowest BCUT2D eigenvalue weighted by Crippen LogP contribution is -2.32. The molecular weight excluding hydrogens is 288 g/mol. The van der Waals surface area contributed by atoms with Crippen molar-refractivity contribution in [3.8, 4) is 17.6 Å². The van der Waals surface area contributed by atoms with Crippen LogP contribution in [0.25, 0.3) is 0 Å². The van der Waals surface area contributed by atoms with Crippen LogP contribution in [0.5, 0.6) is 11.5 Å². The van der Waals surface area contributed by atoms with E-state index in [9.17, 15) is 9.59 Å². The average molecular weight is 306 g/mol. The Kier molecular flexibility index (Phi) is 6.70. The second kappa shape index (κ2) is 8.52. The van der Waals surface area contributed by atoms with Gasteiger partial charge < -0.3 is 19.1 Å². The molecule has 0 bridgehead atoms. The summed E-state index contributed by atoms with van der Waals surface area (Å²) in [6.45, 7) is -0.132. The van der Waals surface area contributed by atoms with Crippen molar-refractivity contribution in [3.05, 3.63) is 23.8 Å². The molecule has 1 amide bonds. The van der Waals surface area contributed by atoms with Crippen LogP contribution in [0.1, 0.15) is 16.8 Å². The molecule has 0 atom stereocenters. The predicted octanol–water partition coefficient (Wildman–Crippen LogP) is 1.23. The molecule has 1 aromatic rings. The standard InChI is InChI=1S/C15H18N2O5/c1-17(9-5-8-16)13(18)10-22-15(19)14-11(20-2)6-4-7-12(14)21-3/h4,6-7H,5,9-10H2,1-3H3. The Labute approximate surface area is 129 Å². The first-order valence-corrected chi connectivity index (χ1v) is 6.54. The number of ether oxygens (including phenoxy) is 3. The molecule has 1 rings (SSSR count). The number of methoxy groups -OCH3 is 2. The Morgan fingerprint density at radius 2 is 1.82 bits per heavy atom. The van der Waals surface area contributed by atoms with Crippen molar-refractivity contribution in [2.45, 2.75) is 6.42 Å². The first-order valence-electron chi connectivity index (χ1n) is 6.54. The van der Waals surface area contributed by atoms with Gasteiger partial charge in [0.2, 0.25) is 0 Å². The molecule has 0 fully saturated rings. The summed E-state index contributed by atoms with van der Waals surface area (Å²) < 4.78 is 15.2. The molecule has 0 aliphatic heterocycles. The third-order valence-electron chi connectivity index (χ3n) is 2.94. The number of nitrogens with zero attached hydrogens (tertiary/aromatic N) is 2. The van der Waals surface area contributed by atoms with Gasteiger partial charge in [-0.25, -0.2) is 4.79 Å². The maximum atomic E-state index is 12.1. The minimum Gasteiger partial charge on any atom is -0.496 e. The van der Waals surface area contributed by atoms with E-state index in [1.807, 2.05) is 6.07 Å². The van der Waals surface area contributed by atoms with Crippen LogP contribution >= 0.6 is 0 Å². The molecular formula is C15H18N2O5. The molecule has 0 N–H and O–H groups in total. The Balaban J connectivity index is 2.74. The molecule has 118 valence electrons. The fourth-order valence-corrected chi connectivity index (χ4v) is 1.70. The highest BCUT2D eigenvalue weighted by molar-refractivity contribution is 5.96. The van der Waals surface area contributed by atoms with Gasteiger partial charge in [0.1, 0.15) is 17.1 Å². The number of hydrogen-bond donors (Lipinski definition) is 0. The number of likely N-dealkylation sites (N-methyl/N-ethyl adjacent to an activating group) is 1. The predicted molar refractivity (Wildman–Crippen MR) is 77.7 cm³/mol. The van der Waals surface area contributed by atoms with Gasteiger partial charge in [0.05, 0.1) is 26.7 Å². The quantitative estimate of drug-likeness (QED) is 0.704. The monoisotopic (exact) mass is 306 g/mol. The maximum Gasteiger partial charge on any atom is 0.346 e. The van der Waals surface area contributed by atoms with Crippen LogP contribution in [-0.2, 0) is 9.53 Å². The van der Waals surface area contributed by atoms with E-state index in [1.54, 1.807) is 18.2 Å². The summed E-state index contributed by atoms with van der Waals surface area (Å²) in [6, 6.07) is 6.81. The Bertz CT molecular complexity index is 558. The van der Waals surface area contributed by atoms with Crippen molar-refractivity contribution in [3.63, 3.8) is 0 Å². The number of benzene rings is 1. The molecule has 0 saturated carbocycles. The second-order valence-corrected chi connectivity index (χ2v) is 4.34. The highest BCUT2D eigenvalue weighted by Crippen LogP contribution is 2.28. The fourth-order valence-electron chi connectivity index (χ4n) is 1.70. The summed E-state index contributed by atoms with van der Waals surface area (Å²) in [6.07, 6.45) is 0.219. The number of hydrogen-bond acceptors (Lipinski definition) is 6. The summed E-state index contributed by atoms with van der Waals surface area (Å²) in [7, 11) is 4.38. The van der Waals surface area contributed by atoms with Crippen molar-refractivity contribution in [1.29, 1.82) is 5.26 Å². The van der Waals surface area contributed by atoms with Gasteiger partial charge in [-0.05, 0) is 12.1 Å². The Morgan fingerprint density at radius 1 is 1.23 bits per heavy atom.